The fraction of sp³-hybridized carbons (Fsp3) is 0.125. The summed E-state index contributed by atoms with van der Waals surface area (Å²) in [5.41, 5.74) is 5.10. The normalized spacial score (nSPS) is 11.7. The summed E-state index contributed by atoms with van der Waals surface area (Å²) < 4.78 is 3.30. The standard InChI is InChI=1S/2C16H16S4.Ni/c2*17-15(19-11-13-7-3-1-4-8-13)16(18)20-12-14-9-5-2-6-10-14;/h2*1-10,17-18H,11-12H2;/p-4/b2*16-15-;. The van der Waals surface area contributed by atoms with Gasteiger partial charge in [0.05, 0.1) is 0 Å². The van der Waals surface area contributed by atoms with Crippen molar-refractivity contribution in [3.63, 3.8) is 0 Å². The van der Waals surface area contributed by atoms with E-state index in [0.717, 1.165) is 40.0 Å². The van der Waals surface area contributed by atoms with Crippen molar-refractivity contribution in [2.45, 2.75) is 23.0 Å². The van der Waals surface area contributed by atoms with Crippen LogP contribution >= 0.6 is 47.0 Å². The smallest absolute Gasteiger partial charge is 0.0210 e. The fourth-order valence-corrected chi connectivity index (χ4v) is 7.68. The van der Waals surface area contributed by atoms with Gasteiger partial charge in [0, 0.05) is 39.5 Å². The first-order valence-electron chi connectivity index (χ1n) is 12.3. The monoisotopic (exact) mass is 726 g/mol. The summed E-state index contributed by atoms with van der Waals surface area (Å²) in [6.45, 7) is 0. The molecule has 0 N–H and O–H groups in total. The van der Waals surface area contributed by atoms with Gasteiger partial charge < -0.3 is 50.5 Å². The Morgan fingerprint density at radius 1 is 0.341 bits per heavy atom. The first kappa shape index (κ1) is 36.3. The summed E-state index contributed by atoms with van der Waals surface area (Å²) in [5.74, 6) is 3.52. The first-order chi connectivity index (χ1) is 19.5. The van der Waals surface area contributed by atoms with Crippen LogP contribution in [0.5, 0.6) is 0 Å². The molecule has 0 aliphatic rings. The molecule has 0 atom stereocenters. The summed E-state index contributed by atoms with van der Waals surface area (Å²) in [6.07, 6.45) is 0. The van der Waals surface area contributed by atoms with Crippen LogP contribution in [-0.2, 0) is 90.0 Å². The van der Waals surface area contributed by atoms with Crippen LogP contribution in [0.2, 0.25) is 0 Å². The van der Waals surface area contributed by atoms with Gasteiger partial charge in [-0.05, 0) is 22.3 Å². The second kappa shape index (κ2) is 21.8. The molecule has 4 aromatic rings. The summed E-state index contributed by atoms with van der Waals surface area (Å²) >= 11 is 28.1. The van der Waals surface area contributed by atoms with Gasteiger partial charge in [-0.1, -0.05) is 121 Å². The maximum atomic E-state index is 5.39. The third-order valence-electron chi connectivity index (χ3n) is 5.18. The number of benzene rings is 4. The van der Waals surface area contributed by atoms with Gasteiger partial charge in [-0.25, -0.2) is 0 Å². The quantitative estimate of drug-likeness (QED) is 0.103. The average molecular weight is 728 g/mol. The molecule has 0 bridgehead atoms. The molecule has 0 saturated heterocycles. The number of rotatable bonds is 12. The van der Waals surface area contributed by atoms with Gasteiger partial charge in [0.15, 0.2) is 0 Å². The molecule has 0 spiro atoms. The predicted molar refractivity (Wildman–Crippen MR) is 194 cm³/mol. The Kier molecular flexibility index (Phi) is 19.3. The van der Waals surface area contributed by atoms with Gasteiger partial charge in [-0.15, -0.1) is 0 Å². The first-order valence-corrected chi connectivity index (χ1v) is 17.9. The number of hydrogen-bond acceptors (Lipinski definition) is 8. The van der Waals surface area contributed by atoms with E-state index in [1.165, 1.54) is 22.3 Å². The van der Waals surface area contributed by atoms with Crippen molar-refractivity contribution in [1.82, 2.24) is 0 Å². The second-order valence-electron chi connectivity index (χ2n) is 8.25. The van der Waals surface area contributed by atoms with Crippen LogP contribution in [0.15, 0.2) is 138 Å². The van der Waals surface area contributed by atoms with Crippen LogP contribution in [-0.4, -0.2) is 0 Å². The molecule has 0 heterocycles. The van der Waals surface area contributed by atoms with Crippen molar-refractivity contribution in [3.8, 4) is 0 Å². The van der Waals surface area contributed by atoms with Crippen LogP contribution in [0.1, 0.15) is 22.3 Å². The van der Waals surface area contributed by atoms with E-state index >= 15 is 0 Å². The van der Waals surface area contributed by atoms with Gasteiger partial charge in [0.25, 0.3) is 0 Å². The third kappa shape index (κ3) is 15.4. The molecule has 0 amide bonds. The van der Waals surface area contributed by atoms with Crippen LogP contribution < -0.4 is 0 Å². The number of hydrogen-bond donors (Lipinski definition) is 0. The van der Waals surface area contributed by atoms with E-state index < -0.39 is 0 Å². The Morgan fingerprint density at radius 2 is 0.512 bits per heavy atom. The van der Waals surface area contributed by atoms with Gasteiger partial charge >= 0.3 is 0 Å². The van der Waals surface area contributed by atoms with Crippen molar-refractivity contribution in [2.24, 2.45) is 0 Å². The molecule has 0 fully saturated rings. The van der Waals surface area contributed by atoms with Gasteiger partial charge in [0.1, 0.15) is 0 Å². The van der Waals surface area contributed by atoms with E-state index in [2.05, 4.69) is 48.5 Å². The molecular weight excluding hydrogens is 700 g/mol. The molecule has 4 aromatic carbocycles. The molecule has 0 aliphatic carbocycles. The second-order valence-corrected chi connectivity index (χ2v) is 14.9. The zero-order valence-corrected chi connectivity index (χ0v) is 29.5. The maximum absolute atomic E-state index is 5.39. The average Bonchev–Trinajstić information content (AvgIpc) is 3.02. The largest absolute Gasteiger partial charge is 0.774 e. The van der Waals surface area contributed by atoms with E-state index in [-0.39, 0.29) is 16.5 Å². The van der Waals surface area contributed by atoms with Crippen molar-refractivity contribution in [2.75, 3.05) is 0 Å². The minimum Gasteiger partial charge on any atom is -0.774 e. The molecule has 41 heavy (non-hydrogen) atoms. The van der Waals surface area contributed by atoms with Gasteiger partial charge in [-0.2, -0.15) is 64.0 Å². The Balaban J connectivity index is 0.000000280. The third-order valence-corrected chi connectivity index (χ3v) is 12.2. The molecule has 4 rings (SSSR count). The predicted octanol–water partition coefficient (Wildman–Crippen LogP) is 10.1. The van der Waals surface area contributed by atoms with E-state index in [4.69, 9.17) is 50.5 Å². The molecule has 218 valence electrons. The van der Waals surface area contributed by atoms with E-state index in [0.29, 0.717) is 0 Å². The van der Waals surface area contributed by atoms with Crippen molar-refractivity contribution >= 4 is 97.6 Å². The Hall–Kier alpha value is -0.866. The zero-order valence-electron chi connectivity index (χ0n) is 22.0. The van der Waals surface area contributed by atoms with Crippen molar-refractivity contribution < 1.29 is 16.5 Å². The molecule has 0 saturated carbocycles. The van der Waals surface area contributed by atoms with Crippen LogP contribution in [0.4, 0.5) is 0 Å². The van der Waals surface area contributed by atoms with E-state index in [1.54, 1.807) is 47.0 Å². The van der Waals surface area contributed by atoms with Gasteiger partial charge in [0.2, 0.25) is 0 Å². The number of thioether (sulfide) groups is 4. The van der Waals surface area contributed by atoms with Crippen LogP contribution in [0.25, 0.3) is 0 Å². The molecule has 0 radical (unpaired) electrons. The molecular formula is C32H28NiS8-4. The topological polar surface area (TPSA) is 0 Å². The zero-order chi connectivity index (χ0) is 28.4. The summed E-state index contributed by atoms with van der Waals surface area (Å²) in [5, 5.41) is 0. The molecule has 0 aliphatic heterocycles. The Labute approximate surface area is 294 Å². The minimum absolute atomic E-state index is 0. The Bertz CT molecular complexity index is 1110. The SMILES string of the molecule is [Ni].[S-]/C(SCc1ccccc1)=C(\[S-])SCc1ccccc1.[S-]/C(SCc1ccccc1)=C(\[S-])SCc1ccccc1. The summed E-state index contributed by atoms with van der Waals surface area (Å²) in [7, 11) is 0. The van der Waals surface area contributed by atoms with Crippen molar-refractivity contribution in [3.05, 3.63) is 161 Å². The molecule has 0 aromatic heterocycles. The van der Waals surface area contributed by atoms with E-state index in [1.807, 2.05) is 72.8 Å². The minimum atomic E-state index is 0. The van der Waals surface area contributed by atoms with Crippen LogP contribution in [0, 0.1) is 0 Å². The summed E-state index contributed by atoms with van der Waals surface area (Å²) in [4.78, 5) is 0. The molecule has 0 unspecified atom stereocenters. The summed E-state index contributed by atoms with van der Waals surface area (Å²) in [6, 6.07) is 41.3. The Morgan fingerprint density at radius 3 is 0.683 bits per heavy atom. The van der Waals surface area contributed by atoms with E-state index in [9.17, 15) is 0 Å². The fourth-order valence-electron chi connectivity index (χ4n) is 3.13. The molecule has 9 heteroatoms. The molecule has 0 nitrogen and oxygen atoms in total. The van der Waals surface area contributed by atoms with Crippen molar-refractivity contribution in [1.29, 1.82) is 0 Å². The van der Waals surface area contributed by atoms with Crippen LogP contribution in [0.3, 0.4) is 0 Å². The van der Waals surface area contributed by atoms with Gasteiger partial charge in [-0.3, -0.25) is 0 Å². The maximum Gasteiger partial charge on any atom is 0.0210 e.